The minimum Gasteiger partial charge on any atom is -0.381 e. The number of nitrogens with one attached hydrogen (secondary N) is 3. The Bertz CT molecular complexity index is 1260. The van der Waals surface area contributed by atoms with E-state index < -0.39 is 21.5 Å². The summed E-state index contributed by atoms with van der Waals surface area (Å²) in [5.41, 5.74) is 1.92. The van der Waals surface area contributed by atoms with E-state index in [0.29, 0.717) is 43.2 Å². The average molecular weight is 479 g/mol. The molecule has 2 aliphatic rings. The molecular formula is C21H24F2N6O3S. The minimum absolute atomic E-state index is 0.0432. The van der Waals surface area contributed by atoms with Crippen LogP contribution in [0.3, 0.4) is 0 Å². The van der Waals surface area contributed by atoms with Gasteiger partial charge in [0.05, 0.1) is 22.9 Å². The van der Waals surface area contributed by atoms with Gasteiger partial charge in [0.25, 0.3) is 0 Å². The molecule has 0 atom stereocenters. The highest BCUT2D eigenvalue weighted by Crippen LogP contribution is 2.32. The number of imidazole rings is 1. The number of nitrogens with zero attached hydrogens (tertiary/aromatic N) is 3. The van der Waals surface area contributed by atoms with E-state index in [0.717, 1.165) is 30.7 Å². The van der Waals surface area contributed by atoms with E-state index in [1.807, 2.05) is 0 Å². The van der Waals surface area contributed by atoms with Crippen LogP contribution in [0.4, 0.5) is 26.4 Å². The van der Waals surface area contributed by atoms with Crippen molar-refractivity contribution in [1.29, 1.82) is 0 Å². The van der Waals surface area contributed by atoms with Crippen molar-refractivity contribution >= 4 is 38.6 Å². The predicted octanol–water partition coefficient (Wildman–Crippen LogP) is 3.26. The third-order valence-electron chi connectivity index (χ3n) is 6.06. The molecule has 5 rings (SSSR count). The first-order chi connectivity index (χ1) is 15.9. The van der Waals surface area contributed by atoms with E-state index in [-0.39, 0.29) is 35.1 Å². The Morgan fingerprint density at radius 3 is 2.52 bits per heavy atom. The summed E-state index contributed by atoms with van der Waals surface area (Å²) < 4.78 is 56.3. The molecule has 2 saturated heterocycles. The molecular weight excluding hydrogens is 454 g/mol. The van der Waals surface area contributed by atoms with Gasteiger partial charge < -0.3 is 20.4 Å². The summed E-state index contributed by atoms with van der Waals surface area (Å²) in [7, 11) is -2.98. The SMILES string of the molecule is O=S1(=O)CCC(Nc2nc(C3CCOCC3)c3[nH]c(Nc4ccc(F)cc4F)nc3n2)CC1. The standard InChI is InChI=1S/C21H24F2N6O3S/c22-13-1-2-16(15(23)11-13)25-21-27-18-17(12-3-7-32-8-4-12)26-20(28-19(18)29-21)24-14-5-9-33(30,31)10-6-14/h1-2,11-12,14H,3-10H2,(H3,24,25,26,27,28,29). The minimum atomic E-state index is -2.98. The number of H-pyrrole nitrogens is 1. The van der Waals surface area contributed by atoms with Gasteiger partial charge in [0.2, 0.25) is 11.9 Å². The van der Waals surface area contributed by atoms with Crippen LogP contribution < -0.4 is 10.6 Å². The van der Waals surface area contributed by atoms with Gasteiger partial charge >= 0.3 is 0 Å². The number of rotatable bonds is 5. The first-order valence-corrected chi connectivity index (χ1v) is 12.7. The van der Waals surface area contributed by atoms with Crippen LogP contribution in [-0.2, 0) is 14.6 Å². The molecule has 0 unspecified atom stereocenters. The Balaban J connectivity index is 1.47. The summed E-state index contributed by atoms with van der Waals surface area (Å²) in [6, 6.07) is 3.21. The van der Waals surface area contributed by atoms with Gasteiger partial charge in [-0.25, -0.2) is 22.2 Å². The van der Waals surface area contributed by atoms with E-state index in [4.69, 9.17) is 9.72 Å². The molecule has 9 nitrogen and oxygen atoms in total. The van der Waals surface area contributed by atoms with Crippen molar-refractivity contribution in [2.75, 3.05) is 35.4 Å². The molecule has 3 aromatic rings. The number of hydrogen-bond donors (Lipinski definition) is 3. The molecule has 2 aromatic heterocycles. The fourth-order valence-electron chi connectivity index (χ4n) is 4.24. The van der Waals surface area contributed by atoms with Crippen LogP contribution in [0.5, 0.6) is 0 Å². The maximum atomic E-state index is 14.1. The summed E-state index contributed by atoms with van der Waals surface area (Å²) in [4.78, 5) is 16.9. The second-order valence-electron chi connectivity index (χ2n) is 8.42. The Morgan fingerprint density at radius 1 is 1.03 bits per heavy atom. The molecule has 2 fully saturated rings. The van der Waals surface area contributed by atoms with Crippen LogP contribution in [0.2, 0.25) is 0 Å². The molecule has 0 radical (unpaired) electrons. The molecule has 2 aliphatic heterocycles. The Labute approximate surface area is 189 Å². The molecule has 176 valence electrons. The Hall–Kier alpha value is -2.86. The fourth-order valence-corrected chi connectivity index (χ4v) is 5.74. The van der Waals surface area contributed by atoms with E-state index in [9.17, 15) is 17.2 Å². The highest BCUT2D eigenvalue weighted by Gasteiger charge is 2.27. The molecule has 0 saturated carbocycles. The molecule has 1 aromatic carbocycles. The van der Waals surface area contributed by atoms with Gasteiger partial charge in [-0.2, -0.15) is 9.97 Å². The third kappa shape index (κ3) is 4.91. The number of sulfone groups is 1. The van der Waals surface area contributed by atoms with Gasteiger partial charge in [-0.1, -0.05) is 0 Å². The van der Waals surface area contributed by atoms with Crippen molar-refractivity contribution in [3.63, 3.8) is 0 Å². The maximum Gasteiger partial charge on any atom is 0.225 e. The van der Waals surface area contributed by atoms with Crippen molar-refractivity contribution < 1.29 is 21.9 Å². The van der Waals surface area contributed by atoms with Gasteiger partial charge in [-0.3, -0.25) is 0 Å². The highest BCUT2D eigenvalue weighted by atomic mass is 32.2. The summed E-state index contributed by atoms with van der Waals surface area (Å²) in [6.07, 6.45) is 2.57. The van der Waals surface area contributed by atoms with E-state index >= 15 is 0 Å². The lowest BCUT2D eigenvalue weighted by Gasteiger charge is -2.25. The fraction of sp³-hybridized carbons (Fsp3) is 0.476. The van der Waals surface area contributed by atoms with Gasteiger partial charge in [-0.15, -0.1) is 0 Å². The topological polar surface area (TPSA) is 122 Å². The van der Waals surface area contributed by atoms with Gasteiger partial charge in [0, 0.05) is 31.2 Å². The van der Waals surface area contributed by atoms with Gasteiger partial charge in [0.15, 0.2) is 5.65 Å². The molecule has 0 bridgehead atoms. The van der Waals surface area contributed by atoms with Crippen LogP contribution in [-0.4, -0.2) is 59.1 Å². The molecule has 33 heavy (non-hydrogen) atoms. The second-order valence-corrected chi connectivity index (χ2v) is 10.7. The van der Waals surface area contributed by atoms with Crippen LogP contribution in [0.25, 0.3) is 11.2 Å². The lowest BCUT2D eigenvalue weighted by atomic mass is 9.95. The van der Waals surface area contributed by atoms with Crippen LogP contribution in [0.1, 0.15) is 37.3 Å². The number of aromatic amines is 1. The molecule has 4 heterocycles. The first kappa shape index (κ1) is 22.0. The summed E-state index contributed by atoms with van der Waals surface area (Å²) in [5, 5.41) is 6.11. The maximum absolute atomic E-state index is 14.1. The van der Waals surface area contributed by atoms with Crippen LogP contribution in [0.15, 0.2) is 18.2 Å². The van der Waals surface area contributed by atoms with Gasteiger partial charge in [0.1, 0.15) is 27.0 Å². The molecule has 0 aliphatic carbocycles. The number of fused-ring (bicyclic) bond motifs is 1. The van der Waals surface area contributed by atoms with Crippen LogP contribution >= 0.6 is 0 Å². The average Bonchev–Trinajstić information content (AvgIpc) is 3.20. The smallest absolute Gasteiger partial charge is 0.225 e. The number of aromatic nitrogens is 4. The Kier molecular flexibility index (Phi) is 5.87. The molecule has 0 spiro atoms. The lowest BCUT2D eigenvalue weighted by Crippen LogP contribution is -2.32. The van der Waals surface area contributed by atoms with E-state index in [1.54, 1.807) is 0 Å². The number of hydrogen-bond acceptors (Lipinski definition) is 8. The van der Waals surface area contributed by atoms with Crippen molar-refractivity contribution in [3.05, 3.63) is 35.5 Å². The predicted molar refractivity (Wildman–Crippen MR) is 119 cm³/mol. The molecule has 0 amide bonds. The number of benzene rings is 1. The zero-order chi connectivity index (χ0) is 23.0. The number of ether oxygens (including phenoxy) is 1. The largest absolute Gasteiger partial charge is 0.381 e. The van der Waals surface area contributed by atoms with Gasteiger partial charge in [-0.05, 0) is 37.8 Å². The van der Waals surface area contributed by atoms with E-state index in [2.05, 4.69) is 25.6 Å². The van der Waals surface area contributed by atoms with E-state index in [1.165, 1.54) is 6.07 Å². The summed E-state index contributed by atoms with van der Waals surface area (Å²) in [5.74, 6) is -0.341. The Morgan fingerprint density at radius 2 is 1.79 bits per heavy atom. The van der Waals surface area contributed by atoms with Crippen molar-refractivity contribution in [2.24, 2.45) is 0 Å². The normalized spacial score (nSPS) is 19.6. The monoisotopic (exact) mass is 478 g/mol. The van der Waals surface area contributed by atoms with Crippen molar-refractivity contribution in [3.8, 4) is 0 Å². The zero-order valence-corrected chi connectivity index (χ0v) is 18.6. The molecule has 12 heteroatoms. The zero-order valence-electron chi connectivity index (χ0n) is 17.8. The lowest BCUT2D eigenvalue weighted by molar-refractivity contribution is 0.0848. The third-order valence-corrected chi connectivity index (χ3v) is 7.77. The summed E-state index contributed by atoms with van der Waals surface area (Å²) >= 11 is 0. The highest BCUT2D eigenvalue weighted by molar-refractivity contribution is 7.91. The van der Waals surface area contributed by atoms with Crippen molar-refractivity contribution in [1.82, 2.24) is 19.9 Å². The van der Waals surface area contributed by atoms with Crippen molar-refractivity contribution in [2.45, 2.75) is 37.6 Å². The summed E-state index contributed by atoms with van der Waals surface area (Å²) in [6.45, 7) is 1.25. The number of halogens is 2. The number of anilines is 3. The quantitative estimate of drug-likeness (QED) is 0.511. The van der Waals surface area contributed by atoms with Crippen LogP contribution in [0, 0.1) is 11.6 Å². The second kappa shape index (κ2) is 8.82. The molecule has 3 N–H and O–H groups in total. The first-order valence-electron chi connectivity index (χ1n) is 10.9.